The summed E-state index contributed by atoms with van der Waals surface area (Å²) in [5, 5.41) is 0. The van der Waals surface area contributed by atoms with Gasteiger partial charge in [-0.3, -0.25) is 0 Å². The average Bonchev–Trinajstić information content (AvgIpc) is 2.45. The Hall–Kier alpha value is -0.120. The zero-order valence-corrected chi connectivity index (χ0v) is 14.5. The number of piperidine rings is 2. The van der Waals surface area contributed by atoms with E-state index in [1.165, 1.54) is 78.0 Å². The molecule has 3 rings (SSSR count). The predicted octanol–water partition coefficient (Wildman–Crippen LogP) is 2.52. The van der Waals surface area contributed by atoms with E-state index in [-0.39, 0.29) is 0 Å². The topological polar surface area (TPSA) is 9.72 Å². The van der Waals surface area contributed by atoms with Gasteiger partial charge in [0, 0.05) is 37.6 Å². The Morgan fingerprint density at radius 3 is 2.29 bits per heavy atom. The van der Waals surface area contributed by atoms with Gasteiger partial charge in [-0.15, -0.1) is 0 Å². The van der Waals surface area contributed by atoms with Crippen molar-refractivity contribution in [1.82, 2.24) is 14.7 Å². The molecule has 21 heavy (non-hydrogen) atoms. The van der Waals surface area contributed by atoms with Crippen LogP contribution in [0.1, 0.15) is 46.5 Å². The first kappa shape index (κ1) is 15.8. The quantitative estimate of drug-likeness (QED) is 0.788. The van der Waals surface area contributed by atoms with Crippen LogP contribution in [0, 0.1) is 11.3 Å². The smallest absolute Gasteiger partial charge is 0.00852 e. The van der Waals surface area contributed by atoms with Crippen molar-refractivity contribution in [3.05, 3.63) is 0 Å². The van der Waals surface area contributed by atoms with Crippen LogP contribution in [0.4, 0.5) is 0 Å². The fraction of sp³-hybridized carbons (Fsp3) is 1.00. The van der Waals surface area contributed by atoms with Crippen molar-refractivity contribution in [3.8, 4) is 0 Å². The normalized spacial score (nSPS) is 29.1. The van der Waals surface area contributed by atoms with Crippen LogP contribution in [0.25, 0.3) is 0 Å². The van der Waals surface area contributed by atoms with Gasteiger partial charge in [-0.05, 0) is 71.6 Å². The molecule has 0 radical (unpaired) electrons. The van der Waals surface area contributed by atoms with E-state index in [0.29, 0.717) is 5.41 Å². The van der Waals surface area contributed by atoms with Crippen molar-refractivity contribution in [2.45, 2.75) is 52.5 Å². The highest BCUT2D eigenvalue weighted by atomic mass is 15.2. The summed E-state index contributed by atoms with van der Waals surface area (Å²) in [7, 11) is 0. The van der Waals surface area contributed by atoms with Gasteiger partial charge < -0.3 is 14.7 Å². The van der Waals surface area contributed by atoms with Crippen molar-refractivity contribution < 1.29 is 0 Å². The Balaban J connectivity index is 1.44. The van der Waals surface area contributed by atoms with Crippen molar-refractivity contribution in [2.24, 2.45) is 11.3 Å². The lowest BCUT2D eigenvalue weighted by molar-refractivity contribution is -0.0562. The lowest BCUT2D eigenvalue weighted by Gasteiger charge is -2.55. The summed E-state index contributed by atoms with van der Waals surface area (Å²) in [6.45, 7) is 17.7. The van der Waals surface area contributed by atoms with Crippen LogP contribution in [0.15, 0.2) is 0 Å². The fourth-order valence-electron chi connectivity index (χ4n) is 4.87. The van der Waals surface area contributed by atoms with Gasteiger partial charge in [-0.2, -0.15) is 0 Å². The van der Waals surface area contributed by atoms with E-state index in [9.17, 15) is 0 Å². The average molecular weight is 293 g/mol. The van der Waals surface area contributed by atoms with Crippen LogP contribution in [0.5, 0.6) is 0 Å². The molecule has 0 aromatic heterocycles. The Labute approximate surface area is 131 Å². The SMILES string of the molecule is CCN1CC2(CCCN(CC3CCN(C(C)C)CC3)C2)C1. The highest BCUT2D eigenvalue weighted by molar-refractivity contribution is 4.99. The van der Waals surface area contributed by atoms with Gasteiger partial charge in [0.05, 0.1) is 0 Å². The Bertz CT molecular complexity index is 327. The summed E-state index contributed by atoms with van der Waals surface area (Å²) < 4.78 is 0. The number of rotatable bonds is 4. The predicted molar refractivity (Wildman–Crippen MR) is 89.7 cm³/mol. The molecule has 0 aliphatic carbocycles. The molecule has 3 aliphatic rings. The Morgan fingerprint density at radius 1 is 1.00 bits per heavy atom. The van der Waals surface area contributed by atoms with Crippen molar-refractivity contribution in [1.29, 1.82) is 0 Å². The second-order valence-electron chi connectivity index (χ2n) is 8.22. The molecule has 0 aromatic rings. The highest BCUT2D eigenvalue weighted by Gasteiger charge is 2.44. The molecule has 0 bridgehead atoms. The highest BCUT2D eigenvalue weighted by Crippen LogP contribution is 2.39. The fourth-order valence-corrected chi connectivity index (χ4v) is 4.87. The number of hydrogen-bond acceptors (Lipinski definition) is 3. The molecule has 3 nitrogen and oxygen atoms in total. The van der Waals surface area contributed by atoms with Crippen molar-refractivity contribution >= 4 is 0 Å². The summed E-state index contributed by atoms with van der Waals surface area (Å²) in [6.07, 6.45) is 5.75. The molecule has 122 valence electrons. The van der Waals surface area contributed by atoms with Crippen LogP contribution < -0.4 is 0 Å². The molecule has 0 atom stereocenters. The van der Waals surface area contributed by atoms with E-state index < -0.39 is 0 Å². The third kappa shape index (κ3) is 3.62. The van der Waals surface area contributed by atoms with Crippen molar-refractivity contribution in [2.75, 3.05) is 52.4 Å². The van der Waals surface area contributed by atoms with Gasteiger partial charge in [0.2, 0.25) is 0 Å². The molecule has 0 saturated carbocycles. The van der Waals surface area contributed by atoms with E-state index >= 15 is 0 Å². The maximum atomic E-state index is 2.81. The van der Waals surface area contributed by atoms with E-state index in [4.69, 9.17) is 0 Å². The zero-order valence-electron chi connectivity index (χ0n) is 14.5. The minimum absolute atomic E-state index is 0.674. The first-order valence-electron chi connectivity index (χ1n) is 9.29. The molecule has 3 saturated heterocycles. The maximum Gasteiger partial charge on any atom is 0.00852 e. The van der Waals surface area contributed by atoms with Crippen LogP contribution in [-0.4, -0.2) is 73.1 Å². The third-order valence-corrected chi connectivity index (χ3v) is 6.20. The van der Waals surface area contributed by atoms with E-state index in [2.05, 4.69) is 35.5 Å². The molecule has 3 heterocycles. The molecule has 3 heteroatoms. The van der Waals surface area contributed by atoms with Gasteiger partial charge in [0.25, 0.3) is 0 Å². The second kappa shape index (κ2) is 6.55. The molecule has 0 aromatic carbocycles. The Kier molecular flexibility index (Phi) is 4.92. The third-order valence-electron chi connectivity index (χ3n) is 6.20. The van der Waals surface area contributed by atoms with Crippen LogP contribution in [0.2, 0.25) is 0 Å². The molecule has 0 amide bonds. The Morgan fingerprint density at radius 2 is 1.67 bits per heavy atom. The minimum Gasteiger partial charge on any atom is -0.302 e. The molecule has 0 N–H and O–H groups in total. The molecule has 3 aliphatic heterocycles. The van der Waals surface area contributed by atoms with Gasteiger partial charge in [0.1, 0.15) is 0 Å². The molecule has 0 unspecified atom stereocenters. The number of likely N-dealkylation sites (tertiary alicyclic amines) is 3. The van der Waals surface area contributed by atoms with Gasteiger partial charge >= 0.3 is 0 Å². The minimum atomic E-state index is 0.674. The van der Waals surface area contributed by atoms with E-state index in [1.807, 2.05) is 0 Å². The largest absolute Gasteiger partial charge is 0.302 e. The summed E-state index contributed by atoms with van der Waals surface area (Å²) >= 11 is 0. The summed E-state index contributed by atoms with van der Waals surface area (Å²) in [5.74, 6) is 0.956. The number of hydrogen-bond donors (Lipinski definition) is 0. The van der Waals surface area contributed by atoms with Crippen LogP contribution in [-0.2, 0) is 0 Å². The first-order valence-corrected chi connectivity index (χ1v) is 9.29. The summed E-state index contributed by atoms with van der Waals surface area (Å²) in [6, 6.07) is 0.735. The summed E-state index contributed by atoms with van der Waals surface area (Å²) in [5.41, 5.74) is 0.674. The van der Waals surface area contributed by atoms with Crippen molar-refractivity contribution in [3.63, 3.8) is 0 Å². The van der Waals surface area contributed by atoms with E-state index in [0.717, 1.165) is 12.0 Å². The van der Waals surface area contributed by atoms with Crippen LogP contribution in [0.3, 0.4) is 0 Å². The van der Waals surface area contributed by atoms with Gasteiger partial charge in [-0.1, -0.05) is 6.92 Å². The molecule has 1 spiro atoms. The maximum absolute atomic E-state index is 2.81. The molecule has 3 fully saturated rings. The molecular weight excluding hydrogens is 258 g/mol. The zero-order chi connectivity index (χ0) is 14.9. The summed E-state index contributed by atoms with van der Waals surface area (Å²) in [4.78, 5) is 8.08. The first-order chi connectivity index (χ1) is 10.1. The van der Waals surface area contributed by atoms with Gasteiger partial charge in [0.15, 0.2) is 0 Å². The van der Waals surface area contributed by atoms with E-state index in [1.54, 1.807) is 0 Å². The monoisotopic (exact) mass is 293 g/mol. The second-order valence-corrected chi connectivity index (χ2v) is 8.22. The lowest BCUT2D eigenvalue weighted by Crippen LogP contribution is -2.63. The molecular formula is C18H35N3. The van der Waals surface area contributed by atoms with Gasteiger partial charge in [-0.25, -0.2) is 0 Å². The standard InChI is InChI=1S/C18H35N3/c1-4-19-13-18(14-19)8-5-9-20(15-18)12-17-6-10-21(11-7-17)16(2)3/h16-17H,4-15H2,1-3H3. The number of nitrogens with zero attached hydrogens (tertiary/aromatic N) is 3. The lowest BCUT2D eigenvalue weighted by atomic mass is 9.73. The van der Waals surface area contributed by atoms with Crippen LogP contribution >= 0.6 is 0 Å².